The lowest BCUT2D eigenvalue weighted by atomic mass is 10.2. The van der Waals surface area contributed by atoms with Crippen molar-refractivity contribution in [1.29, 1.82) is 0 Å². The largest absolute Gasteiger partial charge is 0.398 e. The van der Waals surface area contributed by atoms with Crippen LogP contribution in [0.3, 0.4) is 0 Å². The predicted molar refractivity (Wildman–Crippen MR) is 93.3 cm³/mol. The van der Waals surface area contributed by atoms with Crippen LogP contribution in [0.4, 0.5) is 11.4 Å². The molecule has 0 atom stereocenters. The fourth-order valence-electron chi connectivity index (χ4n) is 1.61. The summed E-state index contributed by atoms with van der Waals surface area (Å²) >= 11 is 12.6. The first-order valence-corrected chi connectivity index (χ1v) is 9.19. The molecule has 0 radical (unpaired) electrons. The van der Waals surface area contributed by atoms with Crippen molar-refractivity contribution in [3.05, 3.63) is 49.9 Å². The van der Waals surface area contributed by atoms with Crippen LogP contribution in [0.2, 0.25) is 5.02 Å². The zero-order valence-electron chi connectivity index (χ0n) is 10.8. The Kier molecular flexibility index (Phi) is 4.87. The van der Waals surface area contributed by atoms with Crippen LogP contribution in [0.15, 0.2) is 44.2 Å². The van der Waals surface area contributed by atoms with Crippen LogP contribution in [0.5, 0.6) is 0 Å². The number of nitrogens with two attached hydrogens (primary N) is 1. The molecule has 0 aromatic heterocycles. The fraction of sp³-hybridized carbons (Fsp3) is 0.0769. The molecule has 0 fully saturated rings. The minimum atomic E-state index is -3.78. The van der Waals surface area contributed by atoms with Crippen LogP contribution in [-0.2, 0) is 10.0 Å². The first-order chi connectivity index (χ1) is 9.70. The summed E-state index contributed by atoms with van der Waals surface area (Å²) in [4.78, 5) is 0.0162. The van der Waals surface area contributed by atoms with Crippen LogP contribution in [0, 0.1) is 6.92 Å². The molecule has 2 aromatic carbocycles. The third-order valence-corrected chi connectivity index (χ3v) is 5.76. The molecular formula is C13H11Br2ClN2O2S. The molecule has 0 unspecified atom stereocenters. The summed E-state index contributed by atoms with van der Waals surface area (Å²) in [7, 11) is -3.78. The molecule has 0 aliphatic rings. The molecule has 0 aliphatic carbocycles. The monoisotopic (exact) mass is 452 g/mol. The Balaban J connectivity index is 2.46. The van der Waals surface area contributed by atoms with Gasteiger partial charge < -0.3 is 5.73 Å². The zero-order chi connectivity index (χ0) is 15.8. The summed E-state index contributed by atoms with van der Waals surface area (Å²) in [5, 5.41) is 0.309. The van der Waals surface area contributed by atoms with Gasteiger partial charge in [-0.2, -0.15) is 0 Å². The van der Waals surface area contributed by atoms with E-state index in [9.17, 15) is 8.42 Å². The Hall–Kier alpha value is -0.760. The van der Waals surface area contributed by atoms with Gasteiger partial charge in [0.2, 0.25) is 0 Å². The molecule has 112 valence electrons. The van der Waals surface area contributed by atoms with Gasteiger partial charge in [0.05, 0.1) is 10.6 Å². The van der Waals surface area contributed by atoms with E-state index in [0.29, 0.717) is 26.4 Å². The molecule has 0 spiro atoms. The number of hydrogen-bond donors (Lipinski definition) is 2. The number of benzene rings is 2. The molecule has 0 aliphatic heterocycles. The first kappa shape index (κ1) is 16.6. The summed E-state index contributed by atoms with van der Waals surface area (Å²) < 4.78 is 28.7. The summed E-state index contributed by atoms with van der Waals surface area (Å²) in [5.41, 5.74) is 7.17. The highest BCUT2D eigenvalue weighted by atomic mass is 79.9. The smallest absolute Gasteiger partial charge is 0.262 e. The lowest BCUT2D eigenvalue weighted by Gasteiger charge is -2.12. The van der Waals surface area contributed by atoms with Gasteiger partial charge in [0.1, 0.15) is 0 Å². The van der Waals surface area contributed by atoms with E-state index >= 15 is 0 Å². The highest BCUT2D eigenvalue weighted by Crippen LogP contribution is 2.30. The third kappa shape index (κ3) is 3.71. The molecule has 4 nitrogen and oxygen atoms in total. The number of rotatable bonds is 3. The molecule has 0 amide bonds. The number of sulfonamides is 1. The van der Waals surface area contributed by atoms with Gasteiger partial charge in [0.25, 0.3) is 10.0 Å². The van der Waals surface area contributed by atoms with Crippen molar-refractivity contribution in [2.75, 3.05) is 10.5 Å². The second-order valence-corrected chi connectivity index (χ2v) is 8.21. The first-order valence-electron chi connectivity index (χ1n) is 5.74. The van der Waals surface area contributed by atoms with E-state index in [1.165, 1.54) is 12.1 Å². The third-order valence-electron chi connectivity index (χ3n) is 2.84. The van der Waals surface area contributed by atoms with Crippen LogP contribution in [0.25, 0.3) is 0 Å². The van der Waals surface area contributed by atoms with Crippen molar-refractivity contribution in [2.24, 2.45) is 0 Å². The van der Waals surface area contributed by atoms with Crippen molar-refractivity contribution in [2.45, 2.75) is 11.8 Å². The number of nitrogen functional groups attached to an aromatic ring is 1. The van der Waals surface area contributed by atoms with Gasteiger partial charge in [-0.25, -0.2) is 8.42 Å². The molecule has 0 saturated heterocycles. The van der Waals surface area contributed by atoms with E-state index in [2.05, 4.69) is 36.6 Å². The Bertz CT molecular complexity index is 787. The van der Waals surface area contributed by atoms with Crippen LogP contribution in [-0.4, -0.2) is 8.42 Å². The molecule has 2 rings (SSSR count). The van der Waals surface area contributed by atoms with Crippen molar-refractivity contribution in [3.63, 3.8) is 0 Å². The maximum Gasteiger partial charge on any atom is 0.262 e. The van der Waals surface area contributed by atoms with Gasteiger partial charge in [-0.15, -0.1) is 0 Å². The molecule has 0 saturated carbocycles. The molecular weight excluding hydrogens is 443 g/mol. The Morgan fingerprint density at radius 3 is 2.48 bits per heavy atom. The van der Waals surface area contributed by atoms with E-state index in [1.54, 1.807) is 25.1 Å². The number of halogens is 3. The zero-order valence-corrected chi connectivity index (χ0v) is 15.6. The minimum Gasteiger partial charge on any atom is -0.398 e. The molecule has 2 aromatic rings. The van der Waals surface area contributed by atoms with Gasteiger partial charge in [-0.1, -0.05) is 27.5 Å². The van der Waals surface area contributed by atoms with Crippen LogP contribution in [0.1, 0.15) is 5.56 Å². The van der Waals surface area contributed by atoms with E-state index in [4.69, 9.17) is 17.3 Å². The average molecular weight is 455 g/mol. The average Bonchev–Trinajstić information content (AvgIpc) is 2.39. The SMILES string of the molecule is Cc1c(N)cc(S(=O)(=O)Nc2cc(Br)ccc2Br)cc1Cl. The topological polar surface area (TPSA) is 72.2 Å². The lowest BCUT2D eigenvalue weighted by Crippen LogP contribution is -2.14. The second-order valence-electron chi connectivity index (χ2n) is 4.35. The van der Waals surface area contributed by atoms with Crippen molar-refractivity contribution in [1.82, 2.24) is 0 Å². The van der Waals surface area contributed by atoms with E-state index in [-0.39, 0.29) is 4.90 Å². The minimum absolute atomic E-state index is 0.0162. The summed E-state index contributed by atoms with van der Waals surface area (Å²) in [6.45, 7) is 1.73. The predicted octanol–water partition coefficient (Wildman–Crippen LogP) is 4.56. The molecule has 3 N–H and O–H groups in total. The maximum atomic E-state index is 12.4. The Labute approximate surface area is 145 Å². The molecule has 21 heavy (non-hydrogen) atoms. The van der Waals surface area contributed by atoms with Crippen LogP contribution < -0.4 is 10.5 Å². The van der Waals surface area contributed by atoms with Gasteiger partial charge in [-0.3, -0.25) is 4.72 Å². The highest BCUT2D eigenvalue weighted by molar-refractivity contribution is 9.11. The van der Waals surface area contributed by atoms with Gasteiger partial charge >= 0.3 is 0 Å². The van der Waals surface area contributed by atoms with Crippen molar-refractivity contribution < 1.29 is 8.42 Å². The molecule has 8 heteroatoms. The maximum absolute atomic E-state index is 12.4. The van der Waals surface area contributed by atoms with Crippen LogP contribution >= 0.6 is 43.5 Å². The van der Waals surface area contributed by atoms with Crippen molar-refractivity contribution >= 4 is 64.9 Å². The molecule has 0 bridgehead atoms. The number of hydrogen-bond acceptors (Lipinski definition) is 3. The van der Waals surface area contributed by atoms with Crippen molar-refractivity contribution in [3.8, 4) is 0 Å². The normalized spacial score (nSPS) is 11.4. The Morgan fingerprint density at radius 1 is 1.19 bits per heavy atom. The fourth-order valence-corrected chi connectivity index (χ4v) is 3.87. The molecule has 0 heterocycles. The summed E-state index contributed by atoms with van der Waals surface area (Å²) in [5.74, 6) is 0. The lowest BCUT2D eigenvalue weighted by molar-refractivity contribution is 0.601. The summed E-state index contributed by atoms with van der Waals surface area (Å²) in [6.07, 6.45) is 0. The Morgan fingerprint density at radius 2 is 1.86 bits per heavy atom. The van der Waals surface area contributed by atoms with Gasteiger partial charge in [0.15, 0.2) is 0 Å². The van der Waals surface area contributed by atoms with Gasteiger partial charge in [0, 0.05) is 19.7 Å². The van der Waals surface area contributed by atoms with E-state index < -0.39 is 10.0 Å². The number of nitrogens with one attached hydrogen (secondary N) is 1. The number of anilines is 2. The second kappa shape index (κ2) is 6.16. The van der Waals surface area contributed by atoms with E-state index in [1.807, 2.05) is 0 Å². The van der Waals surface area contributed by atoms with E-state index in [0.717, 1.165) is 4.47 Å². The summed E-state index contributed by atoms with van der Waals surface area (Å²) in [6, 6.07) is 7.94. The highest BCUT2D eigenvalue weighted by Gasteiger charge is 2.18. The standard InChI is InChI=1S/C13H11Br2ClN2O2S/c1-7-11(16)5-9(6-12(7)17)21(19,20)18-13-4-8(14)2-3-10(13)15/h2-6,18H,17H2,1H3. The van der Waals surface area contributed by atoms with Gasteiger partial charge in [-0.05, 0) is 58.7 Å². The quantitative estimate of drug-likeness (QED) is 0.668.